The van der Waals surface area contributed by atoms with E-state index in [4.69, 9.17) is 5.73 Å². The maximum atomic E-state index is 12.6. The lowest BCUT2D eigenvalue weighted by Gasteiger charge is -2.43. The van der Waals surface area contributed by atoms with E-state index < -0.39 is 0 Å². The van der Waals surface area contributed by atoms with Gasteiger partial charge in [-0.05, 0) is 49.7 Å². The molecular formula is C17H22N4O. The van der Waals surface area contributed by atoms with Crippen molar-refractivity contribution in [1.29, 1.82) is 0 Å². The van der Waals surface area contributed by atoms with Gasteiger partial charge in [0.1, 0.15) is 0 Å². The number of H-pyrrole nitrogens is 1. The summed E-state index contributed by atoms with van der Waals surface area (Å²) in [6, 6.07) is 8.09. The molecule has 22 heavy (non-hydrogen) atoms. The lowest BCUT2D eigenvalue weighted by Crippen LogP contribution is -2.48. The summed E-state index contributed by atoms with van der Waals surface area (Å²) in [4.78, 5) is 20.1. The lowest BCUT2D eigenvalue weighted by atomic mass is 9.65. The number of carbonyl (C=O) groups is 1. The lowest BCUT2D eigenvalue weighted by molar-refractivity contribution is -0.122. The summed E-state index contributed by atoms with van der Waals surface area (Å²) in [5.74, 6) is 1.73. The third-order valence-corrected chi connectivity index (χ3v) is 5.41. The van der Waals surface area contributed by atoms with Gasteiger partial charge in [-0.3, -0.25) is 10.1 Å². The van der Waals surface area contributed by atoms with Gasteiger partial charge in [0, 0.05) is 12.0 Å². The van der Waals surface area contributed by atoms with Crippen LogP contribution >= 0.6 is 0 Å². The van der Waals surface area contributed by atoms with E-state index in [-0.39, 0.29) is 11.8 Å². The highest BCUT2D eigenvalue weighted by molar-refractivity contribution is 5.92. The third kappa shape index (κ3) is 2.39. The second-order valence-corrected chi connectivity index (χ2v) is 6.79. The van der Waals surface area contributed by atoms with Gasteiger partial charge in [0.25, 0.3) is 0 Å². The summed E-state index contributed by atoms with van der Waals surface area (Å²) in [7, 11) is 0. The quantitative estimate of drug-likeness (QED) is 0.797. The number of amides is 1. The van der Waals surface area contributed by atoms with Crippen molar-refractivity contribution in [3.05, 3.63) is 24.3 Å². The first-order chi connectivity index (χ1) is 10.7. The zero-order chi connectivity index (χ0) is 15.1. The number of nitrogens with two attached hydrogens (primary N) is 1. The highest BCUT2D eigenvalue weighted by Crippen LogP contribution is 2.42. The molecule has 0 aliphatic heterocycles. The molecule has 116 valence electrons. The van der Waals surface area contributed by atoms with Gasteiger partial charge in [0.2, 0.25) is 11.9 Å². The van der Waals surface area contributed by atoms with Gasteiger partial charge >= 0.3 is 0 Å². The van der Waals surface area contributed by atoms with Crippen molar-refractivity contribution in [2.45, 2.75) is 38.1 Å². The molecule has 1 aromatic heterocycles. The number of carbonyl (C=O) groups excluding carboxylic acids is 1. The standard InChI is InChI=1S/C17H22N4O/c18-15-10-4-3-5-11(15)9-12(8-10)16(22)21-17-19-13-6-1-2-7-14(13)20-17/h1-2,6-7,10-12,15H,3-5,8-9,18H2,(H2,19,20,21,22). The maximum absolute atomic E-state index is 12.6. The minimum Gasteiger partial charge on any atom is -0.327 e. The molecule has 2 atom stereocenters. The fourth-order valence-corrected chi connectivity index (χ4v) is 4.23. The first kappa shape index (κ1) is 13.8. The van der Waals surface area contributed by atoms with Crippen molar-refractivity contribution in [3.8, 4) is 0 Å². The zero-order valence-corrected chi connectivity index (χ0v) is 12.6. The summed E-state index contributed by atoms with van der Waals surface area (Å²) in [5, 5.41) is 2.96. The smallest absolute Gasteiger partial charge is 0.229 e. The second-order valence-electron chi connectivity index (χ2n) is 6.79. The van der Waals surface area contributed by atoms with E-state index >= 15 is 0 Å². The van der Waals surface area contributed by atoms with E-state index in [1.54, 1.807) is 0 Å². The van der Waals surface area contributed by atoms with Crippen LogP contribution in [0.3, 0.4) is 0 Å². The highest BCUT2D eigenvalue weighted by atomic mass is 16.2. The van der Waals surface area contributed by atoms with Crippen LogP contribution in [-0.4, -0.2) is 21.9 Å². The Morgan fingerprint density at radius 2 is 1.95 bits per heavy atom. The first-order valence-electron chi connectivity index (χ1n) is 8.22. The molecule has 0 radical (unpaired) electrons. The predicted molar refractivity (Wildman–Crippen MR) is 86.3 cm³/mol. The number of rotatable bonds is 2. The van der Waals surface area contributed by atoms with Crippen LogP contribution in [0.2, 0.25) is 0 Å². The van der Waals surface area contributed by atoms with Crippen molar-refractivity contribution in [3.63, 3.8) is 0 Å². The molecule has 2 bridgehead atoms. The van der Waals surface area contributed by atoms with Crippen LogP contribution in [0.5, 0.6) is 0 Å². The van der Waals surface area contributed by atoms with E-state index in [1.807, 2.05) is 24.3 Å². The number of hydrogen-bond donors (Lipinski definition) is 3. The zero-order valence-electron chi connectivity index (χ0n) is 12.6. The summed E-state index contributed by atoms with van der Waals surface area (Å²) in [6.45, 7) is 0. The topological polar surface area (TPSA) is 83.8 Å². The Balaban J connectivity index is 1.48. The van der Waals surface area contributed by atoms with Gasteiger partial charge in [-0.1, -0.05) is 18.6 Å². The molecule has 5 nitrogen and oxygen atoms in total. The van der Waals surface area contributed by atoms with Gasteiger partial charge in [-0.25, -0.2) is 4.98 Å². The number of para-hydroxylation sites is 2. The van der Waals surface area contributed by atoms with Gasteiger partial charge < -0.3 is 10.7 Å². The van der Waals surface area contributed by atoms with Gasteiger partial charge in [-0.15, -0.1) is 0 Å². The molecule has 0 spiro atoms. The summed E-state index contributed by atoms with van der Waals surface area (Å²) < 4.78 is 0. The molecule has 1 aromatic carbocycles. The number of aromatic amines is 1. The number of nitrogens with one attached hydrogen (secondary N) is 2. The number of nitrogens with zero attached hydrogens (tertiary/aromatic N) is 1. The van der Waals surface area contributed by atoms with E-state index in [0.29, 0.717) is 23.8 Å². The Bertz CT molecular complexity index is 648. The Morgan fingerprint density at radius 3 is 2.68 bits per heavy atom. The Kier molecular flexibility index (Phi) is 3.37. The molecule has 2 unspecified atom stereocenters. The fourth-order valence-electron chi connectivity index (χ4n) is 4.23. The molecule has 5 heteroatoms. The molecular weight excluding hydrogens is 276 g/mol. The van der Waals surface area contributed by atoms with Crippen LogP contribution in [0, 0.1) is 17.8 Å². The number of hydrogen-bond acceptors (Lipinski definition) is 3. The van der Waals surface area contributed by atoms with Gasteiger partial charge in [-0.2, -0.15) is 0 Å². The van der Waals surface area contributed by atoms with Crippen LogP contribution in [0.15, 0.2) is 24.3 Å². The summed E-state index contributed by atoms with van der Waals surface area (Å²) >= 11 is 0. The van der Waals surface area contributed by atoms with Crippen molar-refractivity contribution in [1.82, 2.24) is 9.97 Å². The van der Waals surface area contributed by atoms with E-state index in [1.165, 1.54) is 19.3 Å². The number of aromatic nitrogens is 2. The van der Waals surface area contributed by atoms with Crippen LogP contribution in [0.4, 0.5) is 5.95 Å². The van der Waals surface area contributed by atoms with Crippen LogP contribution < -0.4 is 11.1 Å². The predicted octanol–water partition coefficient (Wildman–Crippen LogP) is 2.66. The molecule has 2 aliphatic carbocycles. The molecule has 1 heterocycles. The molecule has 1 amide bonds. The van der Waals surface area contributed by atoms with E-state index in [9.17, 15) is 4.79 Å². The molecule has 4 rings (SSSR count). The summed E-state index contributed by atoms with van der Waals surface area (Å²) in [6.07, 6.45) is 5.45. The largest absolute Gasteiger partial charge is 0.327 e. The molecule has 2 fully saturated rings. The van der Waals surface area contributed by atoms with Crippen LogP contribution in [0.1, 0.15) is 32.1 Å². The monoisotopic (exact) mass is 298 g/mol. The minimum absolute atomic E-state index is 0.0725. The van der Waals surface area contributed by atoms with Crippen molar-refractivity contribution < 1.29 is 4.79 Å². The molecule has 2 saturated carbocycles. The fraction of sp³-hybridized carbons (Fsp3) is 0.529. The number of benzene rings is 1. The molecule has 0 saturated heterocycles. The van der Waals surface area contributed by atoms with Crippen molar-refractivity contribution >= 4 is 22.9 Å². The number of anilines is 1. The molecule has 2 aromatic rings. The van der Waals surface area contributed by atoms with Crippen molar-refractivity contribution in [2.24, 2.45) is 23.5 Å². The highest BCUT2D eigenvalue weighted by Gasteiger charge is 2.40. The van der Waals surface area contributed by atoms with Crippen molar-refractivity contribution in [2.75, 3.05) is 5.32 Å². The van der Waals surface area contributed by atoms with Crippen LogP contribution in [-0.2, 0) is 4.79 Å². The minimum atomic E-state index is 0.0725. The maximum Gasteiger partial charge on any atom is 0.229 e. The normalized spacial score (nSPS) is 31.1. The summed E-state index contributed by atoms with van der Waals surface area (Å²) in [5.41, 5.74) is 8.12. The second kappa shape index (κ2) is 5.39. The van der Waals surface area contributed by atoms with Gasteiger partial charge in [0.05, 0.1) is 11.0 Å². The molecule has 4 N–H and O–H groups in total. The average Bonchev–Trinajstić information content (AvgIpc) is 2.88. The first-order valence-corrected chi connectivity index (χ1v) is 8.22. The average molecular weight is 298 g/mol. The van der Waals surface area contributed by atoms with Gasteiger partial charge in [0.15, 0.2) is 0 Å². The van der Waals surface area contributed by atoms with E-state index in [0.717, 1.165) is 23.9 Å². The number of imidazole rings is 1. The third-order valence-electron chi connectivity index (χ3n) is 5.41. The Labute approximate surface area is 129 Å². The van der Waals surface area contributed by atoms with E-state index in [2.05, 4.69) is 15.3 Å². The Hall–Kier alpha value is -1.88. The molecule has 2 aliphatic rings. The SMILES string of the molecule is NC1C2CCCC1CC(C(=O)Nc1nc3ccccc3[nH]1)C2. The van der Waals surface area contributed by atoms with Crippen LogP contribution in [0.25, 0.3) is 11.0 Å². The number of fused-ring (bicyclic) bond motifs is 3. The Morgan fingerprint density at radius 1 is 1.23 bits per heavy atom.